The van der Waals surface area contributed by atoms with Gasteiger partial charge in [0.25, 0.3) is 0 Å². The average Bonchev–Trinajstić information content (AvgIpc) is 2.95. The van der Waals surface area contributed by atoms with Crippen LogP contribution >= 0.6 is 47.2 Å². The Balaban J connectivity index is 0.00000300. The standard InChI is InChI=1S/C19H24Cl2N6O.HI/c1-22-19(25-11-15-9-16(20)18(21)26(15)2)24-10-13-3-5-14(6-4-13)27-8-7-23-17(28)12-27;/h3-6,9H,7-8,10-12H2,1-2H3,(H,23,28)(H2,22,24,25);1H. The third-order valence-corrected chi connectivity index (χ3v) is 5.52. The zero-order valence-corrected chi connectivity index (χ0v) is 20.2. The number of hydrogen-bond acceptors (Lipinski definition) is 3. The number of guanidine groups is 1. The Kier molecular flexibility index (Phi) is 8.91. The molecule has 1 aromatic heterocycles. The van der Waals surface area contributed by atoms with Gasteiger partial charge in [0, 0.05) is 45.1 Å². The van der Waals surface area contributed by atoms with Gasteiger partial charge in [0.15, 0.2) is 5.96 Å². The van der Waals surface area contributed by atoms with E-state index in [4.69, 9.17) is 23.2 Å². The minimum Gasteiger partial charge on any atom is -0.360 e. The van der Waals surface area contributed by atoms with E-state index in [1.54, 1.807) is 7.05 Å². The molecule has 0 aliphatic carbocycles. The van der Waals surface area contributed by atoms with Gasteiger partial charge in [-0.1, -0.05) is 35.3 Å². The molecule has 0 atom stereocenters. The van der Waals surface area contributed by atoms with Gasteiger partial charge in [-0.25, -0.2) is 0 Å². The van der Waals surface area contributed by atoms with Crippen molar-refractivity contribution in [2.45, 2.75) is 13.1 Å². The highest BCUT2D eigenvalue weighted by molar-refractivity contribution is 14.0. The zero-order chi connectivity index (χ0) is 20.1. The van der Waals surface area contributed by atoms with E-state index in [1.165, 1.54) is 0 Å². The smallest absolute Gasteiger partial charge is 0.239 e. The van der Waals surface area contributed by atoms with Crippen molar-refractivity contribution in [3.8, 4) is 0 Å². The van der Waals surface area contributed by atoms with Crippen LogP contribution in [0.2, 0.25) is 10.2 Å². The summed E-state index contributed by atoms with van der Waals surface area (Å²) in [7, 11) is 3.60. The molecule has 0 radical (unpaired) electrons. The van der Waals surface area contributed by atoms with Crippen LogP contribution in [0, 0.1) is 0 Å². The van der Waals surface area contributed by atoms with Gasteiger partial charge >= 0.3 is 0 Å². The van der Waals surface area contributed by atoms with Gasteiger partial charge in [0.2, 0.25) is 5.91 Å². The minimum atomic E-state index is 0. The Morgan fingerprint density at radius 2 is 1.90 bits per heavy atom. The van der Waals surface area contributed by atoms with Crippen LogP contribution in [-0.2, 0) is 24.9 Å². The van der Waals surface area contributed by atoms with Crippen LogP contribution in [0.25, 0.3) is 0 Å². The van der Waals surface area contributed by atoms with Crippen LogP contribution in [0.5, 0.6) is 0 Å². The van der Waals surface area contributed by atoms with Crippen molar-refractivity contribution in [3.63, 3.8) is 0 Å². The number of carbonyl (C=O) groups is 1. The first kappa shape index (κ1) is 23.6. The van der Waals surface area contributed by atoms with Gasteiger partial charge in [-0.05, 0) is 23.8 Å². The third kappa shape index (κ3) is 6.16. The Morgan fingerprint density at radius 3 is 2.48 bits per heavy atom. The lowest BCUT2D eigenvalue weighted by Crippen LogP contribution is -2.47. The SMILES string of the molecule is CN=C(NCc1ccc(N2CCNC(=O)C2)cc1)NCc1cc(Cl)c(Cl)n1C.I. The number of anilines is 1. The van der Waals surface area contributed by atoms with E-state index >= 15 is 0 Å². The average molecular weight is 551 g/mol. The fourth-order valence-corrected chi connectivity index (χ4v) is 3.44. The van der Waals surface area contributed by atoms with E-state index in [1.807, 2.05) is 29.8 Å². The van der Waals surface area contributed by atoms with E-state index in [9.17, 15) is 4.79 Å². The predicted molar refractivity (Wildman–Crippen MR) is 130 cm³/mol. The molecule has 1 fully saturated rings. The normalized spacial score (nSPS) is 14.3. The number of halogens is 3. The first-order chi connectivity index (χ1) is 13.5. The number of hydrogen-bond donors (Lipinski definition) is 3. The van der Waals surface area contributed by atoms with E-state index < -0.39 is 0 Å². The number of carbonyl (C=O) groups excluding carboxylic acids is 1. The molecule has 10 heteroatoms. The van der Waals surface area contributed by atoms with Crippen LogP contribution in [-0.4, -0.2) is 43.1 Å². The second-order valence-corrected chi connectivity index (χ2v) is 7.32. The van der Waals surface area contributed by atoms with Crippen molar-refractivity contribution < 1.29 is 4.79 Å². The summed E-state index contributed by atoms with van der Waals surface area (Å²) in [6.45, 7) is 3.10. The molecule has 158 valence electrons. The number of nitrogens with zero attached hydrogens (tertiary/aromatic N) is 3. The third-order valence-electron chi connectivity index (χ3n) is 4.68. The van der Waals surface area contributed by atoms with E-state index in [0.29, 0.717) is 42.3 Å². The van der Waals surface area contributed by atoms with Gasteiger partial charge in [-0.15, -0.1) is 24.0 Å². The number of aliphatic imine (C=N–C) groups is 1. The van der Waals surface area contributed by atoms with Crippen molar-refractivity contribution in [3.05, 3.63) is 51.8 Å². The molecule has 0 saturated carbocycles. The maximum atomic E-state index is 11.5. The molecule has 1 aliphatic heterocycles. The molecule has 2 aromatic rings. The fourth-order valence-electron chi connectivity index (χ4n) is 3.02. The summed E-state index contributed by atoms with van der Waals surface area (Å²) in [6, 6.07) is 10.0. The van der Waals surface area contributed by atoms with Gasteiger partial charge < -0.3 is 25.4 Å². The molecule has 1 amide bonds. The van der Waals surface area contributed by atoms with Crippen molar-refractivity contribution in [2.24, 2.45) is 12.0 Å². The van der Waals surface area contributed by atoms with Crippen molar-refractivity contribution in [1.82, 2.24) is 20.5 Å². The summed E-state index contributed by atoms with van der Waals surface area (Å²) >= 11 is 12.1. The summed E-state index contributed by atoms with van der Waals surface area (Å²) in [6.07, 6.45) is 0. The summed E-state index contributed by atoms with van der Waals surface area (Å²) < 4.78 is 1.84. The lowest BCUT2D eigenvalue weighted by Gasteiger charge is -2.28. The second-order valence-electron chi connectivity index (χ2n) is 6.55. The van der Waals surface area contributed by atoms with E-state index in [-0.39, 0.29) is 29.9 Å². The molecule has 0 spiro atoms. The van der Waals surface area contributed by atoms with Crippen molar-refractivity contribution in [2.75, 3.05) is 31.6 Å². The maximum absolute atomic E-state index is 11.5. The van der Waals surface area contributed by atoms with E-state index in [2.05, 4.69) is 38.0 Å². The molecule has 2 heterocycles. The molecule has 3 N–H and O–H groups in total. The second kappa shape index (κ2) is 10.9. The van der Waals surface area contributed by atoms with Gasteiger partial charge in [-0.2, -0.15) is 0 Å². The number of rotatable bonds is 5. The Labute approximate surface area is 197 Å². The molecule has 29 heavy (non-hydrogen) atoms. The summed E-state index contributed by atoms with van der Waals surface area (Å²) in [4.78, 5) is 17.8. The molecule has 1 aromatic carbocycles. The molecular weight excluding hydrogens is 526 g/mol. The molecule has 1 aliphatic rings. The first-order valence-electron chi connectivity index (χ1n) is 9.02. The number of piperazine rings is 1. The Hall–Kier alpha value is -1.65. The van der Waals surface area contributed by atoms with E-state index in [0.717, 1.165) is 23.5 Å². The highest BCUT2D eigenvalue weighted by atomic mass is 127. The quantitative estimate of drug-likeness (QED) is 0.304. The molecule has 3 rings (SSSR count). The monoisotopic (exact) mass is 550 g/mol. The van der Waals surface area contributed by atoms with Crippen LogP contribution in [0.1, 0.15) is 11.3 Å². The minimum absolute atomic E-state index is 0. The number of aromatic nitrogens is 1. The molecule has 0 bridgehead atoms. The fraction of sp³-hybridized carbons (Fsp3) is 0.368. The summed E-state index contributed by atoms with van der Waals surface area (Å²) in [5.41, 5.74) is 3.14. The van der Waals surface area contributed by atoms with Gasteiger partial charge in [-0.3, -0.25) is 9.79 Å². The van der Waals surface area contributed by atoms with Crippen LogP contribution in [0.3, 0.4) is 0 Å². The molecule has 1 saturated heterocycles. The lowest BCUT2D eigenvalue weighted by atomic mass is 10.2. The Morgan fingerprint density at radius 1 is 1.21 bits per heavy atom. The molecule has 0 unspecified atom stereocenters. The summed E-state index contributed by atoms with van der Waals surface area (Å²) in [5.74, 6) is 0.748. The highest BCUT2D eigenvalue weighted by Crippen LogP contribution is 2.24. The highest BCUT2D eigenvalue weighted by Gasteiger charge is 2.16. The van der Waals surface area contributed by atoms with Crippen molar-refractivity contribution in [1.29, 1.82) is 0 Å². The largest absolute Gasteiger partial charge is 0.360 e. The number of benzene rings is 1. The first-order valence-corrected chi connectivity index (χ1v) is 9.78. The van der Waals surface area contributed by atoms with Crippen LogP contribution in [0.15, 0.2) is 35.3 Å². The summed E-state index contributed by atoms with van der Waals surface area (Å²) in [5, 5.41) is 10.4. The predicted octanol–water partition coefficient (Wildman–Crippen LogP) is 2.75. The molecular formula is C19H25Cl2IN6O. The number of nitrogens with one attached hydrogen (secondary N) is 3. The molecule has 7 nitrogen and oxygen atoms in total. The topological polar surface area (TPSA) is 73.7 Å². The van der Waals surface area contributed by atoms with Crippen LogP contribution in [0.4, 0.5) is 5.69 Å². The lowest BCUT2D eigenvalue weighted by molar-refractivity contribution is -0.120. The Bertz CT molecular complexity index is 868. The maximum Gasteiger partial charge on any atom is 0.239 e. The number of amides is 1. The van der Waals surface area contributed by atoms with Gasteiger partial charge in [0.1, 0.15) is 5.15 Å². The van der Waals surface area contributed by atoms with Gasteiger partial charge in [0.05, 0.1) is 18.1 Å². The van der Waals surface area contributed by atoms with Crippen LogP contribution < -0.4 is 20.9 Å². The van der Waals surface area contributed by atoms with Crippen molar-refractivity contribution >= 4 is 64.7 Å². The zero-order valence-electron chi connectivity index (χ0n) is 16.3.